The number of para-hydroxylation sites is 2. The maximum absolute atomic E-state index is 13.6. The molecule has 0 spiro atoms. The summed E-state index contributed by atoms with van der Waals surface area (Å²) in [5, 5.41) is 5.37. The second-order valence-electron chi connectivity index (χ2n) is 8.01. The van der Waals surface area contributed by atoms with Crippen molar-refractivity contribution in [2.24, 2.45) is 0 Å². The topological polar surface area (TPSA) is 114 Å². The molecule has 2 amide bonds. The number of nitrogens with zero attached hydrogens (tertiary/aromatic N) is 1. The molecule has 9 nitrogen and oxygen atoms in total. The van der Waals surface area contributed by atoms with Gasteiger partial charge in [0.2, 0.25) is 0 Å². The third kappa shape index (κ3) is 5.77. The second kappa shape index (κ2) is 11.1. The highest BCUT2D eigenvalue weighted by Crippen LogP contribution is 2.37. The zero-order valence-corrected chi connectivity index (χ0v) is 20.5. The van der Waals surface area contributed by atoms with Crippen molar-refractivity contribution in [3.63, 3.8) is 0 Å². The second-order valence-corrected chi connectivity index (χ2v) is 9.87. The minimum atomic E-state index is -4.03. The van der Waals surface area contributed by atoms with Gasteiger partial charge in [-0.2, -0.15) is 0 Å². The van der Waals surface area contributed by atoms with Crippen molar-refractivity contribution < 1.29 is 27.5 Å². The molecule has 2 N–H and O–H groups in total. The summed E-state index contributed by atoms with van der Waals surface area (Å²) in [5.74, 6) is -0.0919. The van der Waals surface area contributed by atoms with Crippen molar-refractivity contribution in [1.29, 1.82) is 0 Å². The Hall–Kier alpha value is -4.05. The van der Waals surface area contributed by atoms with Crippen molar-refractivity contribution in [3.05, 3.63) is 84.4 Å². The van der Waals surface area contributed by atoms with Crippen LogP contribution in [-0.4, -0.2) is 46.2 Å². The van der Waals surface area contributed by atoms with E-state index < -0.39 is 28.1 Å². The normalized spacial score (nSPS) is 14.8. The molecule has 4 rings (SSSR count). The first-order valence-electron chi connectivity index (χ1n) is 11.5. The average Bonchev–Trinajstić information content (AvgIpc) is 2.89. The summed E-state index contributed by atoms with van der Waals surface area (Å²) in [7, 11) is -4.03. The molecule has 1 atom stereocenters. The van der Waals surface area contributed by atoms with Gasteiger partial charge in [-0.1, -0.05) is 42.5 Å². The lowest BCUT2D eigenvalue weighted by atomic mass is 10.1. The molecule has 0 bridgehead atoms. The Balaban J connectivity index is 1.50. The lowest BCUT2D eigenvalue weighted by Crippen LogP contribution is -2.51. The maximum Gasteiger partial charge on any atom is 0.411 e. The van der Waals surface area contributed by atoms with E-state index >= 15 is 0 Å². The Bertz CT molecular complexity index is 1310. The molecule has 0 unspecified atom stereocenters. The van der Waals surface area contributed by atoms with E-state index in [1.165, 1.54) is 28.6 Å². The molecule has 0 aromatic heterocycles. The van der Waals surface area contributed by atoms with Crippen LogP contribution >= 0.6 is 0 Å². The summed E-state index contributed by atoms with van der Waals surface area (Å²) in [6.07, 6.45) is -1.00. The van der Waals surface area contributed by atoms with E-state index in [4.69, 9.17) is 9.47 Å². The predicted octanol–water partition coefficient (Wildman–Crippen LogP) is 3.57. The van der Waals surface area contributed by atoms with Gasteiger partial charge < -0.3 is 14.8 Å². The van der Waals surface area contributed by atoms with Crippen LogP contribution in [0.1, 0.15) is 12.5 Å². The van der Waals surface area contributed by atoms with E-state index in [-0.39, 0.29) is 18.0 Å². The minimum absolute atomic E-state index is 0.0110. The fraction of sp³-hybridized carbons (Fsp3) is 0.231. The van der Waals surface area contributed by atoms with E-state index in [1.807, 2.05) is 30.3 Å². The van der Waals surface area contributed by atoms with Gasteiger partial charge in [0.15, 0.2) is 6.10 Å². The molecule has 0 aliphatic carbocycles. The van der Waals surface area contributed by atoms with Gasteiger partial charge in [-0.05, 0) is 55.3 Å². The molecule has 0 radical (unpaired) electrons. The molecular weight excluding hydrogens is 482 g/mol. The summed E-state index contributed by atoms with van der Waals surface area (Å²) in [5.41, 5.74) is 1.82. The van der Waals surface area contributed by atoms with Crippen molar-refractivity contribution in [2.75, 3.05) is 29.3 Å². The van der Waals surface area contributed by atoms with E-state index in [1.54, 1.807) is 31.2 Å². The van der Waals surface area contributed by atoms with Gasteiger partial charge in [0.1, 0.15) is 5.75 Å². The summed E-state index contributed by atoms with van der Waals surface area (Å²) >= 11 is 0. The first-order valence-corrected chi connectivity index (χ1v) is 13.0. The Morgan fingerprint density at radius 1 is 1.00 bits per heavy atom. The minimum Gasteiger partial charge on any atom is -0.476 e. The van der Waals surface area contributed by atoms with Crippen molar-refractivity contribution in [3.8, 4) is 5.75 Å². The summed E-state index contributed by atoms with van der Waals surface area (Å²) in [6.45, 7) is 2.12. The van der Waals surface area contributed by atoms with Crippen LogP contribution in [0.3, 0.4) is 0 Å². The van der Waals surface area contributed by atoms with Crippen LogP contribution in [-0.2, 0) is 26.0 Å². The van der Waals surface area contributed by atoms with E-state index in [0.29, 0.717) is 30.1 Å². The molecule has 36 heavy (non-hydrogen) atoms. The summed E-state index contributed by atoms with van der Waals surface area (Å²) in [6, 6.07) is 22.2. The standard InChI is InChI=1S/C26H27N3O6S/c1-2-34-26(31)28-20-12-14-21(15-13-20)36(32,33)29-18-24(35-23-11-7-6-10-22(23)29)25(30)27-17-16-19-8-4-3-5-9-19/h3-15,24H,2,16-18H2,1H3,(H,27,30)(H,28,31)/t24-/m0/s1. The molecule has 1 heterocycles. The maximum atomic E-state index is 13.6. The number of hydrogen-bond donors (Lipinski definition) is 2. The zero-order chi connectivity index (χ0) is 25.5. The highest BCUT2D eigenvalue weighted by molar-refractivity contribution is 7.92. The van der Waals surface area contributed by atoms with Crippen LogP contribution in [0.15, 0.2) is 83.8 Å². The van der Waals surface area contributed by atoms with Gasteiger partial charge in [0.25, 0.3) is 15.9 Å². The average molecular weight is 510 g/mol. The number of sulfonamides is 1. The first-order chi connectivity index (χ1) is 17.4. The zero-order valence-electron chi connectivity index (χ0n) is 19.7. The van der Waals surface area contributed by atoms with Gasteiger partial charge in [-0.15, -0.1) is 0 Å². The smallest absolute Gasteiger partial charge is 0.411 e. The first kappa shape index (κ1) is 25.1. The van der Waals surface area contributed by atoms with E-state index in [9.17, 15) is 18.0 Å². The van der Waals surface area contributed by atoms with Gasteiger partial charge in [0.05, 0.1) is 23.7 Å². The van der Waals surface area contributed by atoms with Crippen LogP contribution < -0.4 is 19.7 Å². The number of amides is 2. The Morgan fingerprint density at radius 3 is 2.42 bits per heavy atom. The molecular formula is C26H27N3O6S. The molecule has 1 aliphatic heterocycles. The molecule has 1 aliphatic rings. The highest BCUT2D eigenvalue weighted by atomic mass is 32.2. The highest BCUT2D eigenvalue weighted by Gasteiger charge is 2.37. The number of hydrogen-bond acceptors (Lipinski definition) is 6. The van der Waals surface area contributed by atoms with Crippen molar-refractivity contribution in [1.82, 2.24) is 5.32 Å². The fourth-order valence-electron chi connectivity index (χ4n) is 3.78. The monoisotopic (exact) mass is 509 g/mol. The molecule has 10 heteroatoms. The van der Waals surface area contributed by atoms with Crippen LogP contribution in [0, 0.1) is 0 Å². The van der Waals surface area contributed by atoms with Crippen molar-refractivity contribution >= 4 is 33.4 Å². The number of anilines is 2. The largest absolute Gasteiger partial charge is 0.476 e. The van der Waals surface area contributed by atoms with Crippen LogP contribution in [0.25, 0.3) is 0 Å². The van der Waals surface area contributed by atoms with Gasteiger partial charge in [0, 0.05) is 12.2 Å². The number of benzene rings is 3. The molecule has 3 aromatic rings. The van der Waals surface area contributed by atoms with Crippen LogP contribution in [0.4, 0.5) is 16.2 Å². The molecule has 3 aromatic carbocycles. The summed E-state index contributed by atoms with van der Waals surface area (Å²) in [4.78, 5) is 24.5. The number of rotatable bonds is 8. The number of carbonyl (C=O) groups is 2. The molecule has 0 saturated heterocycles. The van der Waals surface area contributed by atoms with Gasteiger partial charge >= 0.3 is 6.09 Å². The van der Waals surface area contributed by atoms with Crippen molar-refractivity contribution in [2.45, 2.75) is 24.3 Å². The molecule has 0 fully saturated rings. The molecule has 188 valence electrons. The quantitative estimate of drug-likeness (QED) is 0.480. The third-order valence-electron chi connectivity index (χ3n) is 5.55. The SMILES string of the molecule is CCOC(=O)Nc1ccc(S(=O)(=O)N2C[C@@H](C(=O)NCCc3ccccc3)Oc3ccccc32)cc1. The number of ether oxygens (including phenoxy) is 2. The Morgan fingerprint density at radius 2 is 1.69 bits per heavy atom. The van der Waals surface area contributed by atoms with Crippen LogP contribution in [0.2, 0.25) is 0 Å². The fourth-order valence-corrected chi connectivity index (χ4v) is 5.25. The Kier molecular flexibility index (Phi) is 7.74. The Labute approximate surface area is 210 Å². The molecule has 0 saturated carbocycles. The van der Waals surface area contributed by atoms with E-state index in [2.05, 4.69) is 10.6 Å². The van der Waals surface area contributed by atoms with Gasteiger partial charge in [-0.25, -0.2) is 13.2 Å². The number of nitrogens with one attached hydrogen (secondary N) is 2. The van der Waals surface area contributed by atoms with Crippen LogP contribution in [0.5, 0.6) is 5.75 Å². The van der Waals surface area contributed by atoms with Gasteiger partial charge in [-0.3, -0.25) is 14.4 Å². The summed E-state index contributed by atoms with van der Waals surface area (Å²) < 4.78 is 39.0. The predicted molar refractivity (Wildman–Crippen MR) is 136 cm³/mol. The lowest BCUT2D eigenvalue weighted by molar-refractivity contribution is -0.127. The lowest BCUT2D eigenvalue weighted by Gasteiger charge is -2.34. The third-order valence-corrected chi connectivity index (χ3v) is 7.34. The number of fused-ring (bicyclic) bond motifs is 1. The van der Waals surface area contributed by atoms with E-state index in [0.717, 1.165) is 5.56 Å². The number of carbonyl (C=O) groups excluding carboxylic acids is 2.